The van der Waals surface area contributed by atoms with Crippen LogP contribution in [-0.4, -0.2) is 17.6 Å². The molecule has 4 heteroatoms. The second-order valence-electron chi connectivity index (χ2n) is 5.78. The predicted octanol–water partition coefficient (Wildman–Crippen LogP) is 4.20. The first-order valence-corrected chi connectivity index (χ1v) is 7.97. The van der Waals surface area contributed by atoms with Crippen LogP contribution in [0.3, 0.4) is 0 Å². The number of pyridine rings is 1. The molecule has 106 valence electrons. The Bertz CT molecular complexity index is 636. The molecule has 1 saturated heterocycles. The molecule has 2 atom stereocenters. The van der Waals surface area contributed by atoms with Gasteiger partial charge in [-0.05, 0) is 43.9 Å². The summed E-state index contributed by atoms with van der Waals surface area (Å²) in [4.78, 5) is 6.91. The molecule has 1 aromatic heterocycles. The second-order valence-corrected chi connectivity index (χ2v) is 6.69. The number of nitrogens with zero attached hydrogens (tertiary/aromatic N) is 2. The Morgan fingerprint density at radius 3 is 2.95 bits per heavy atom. The predicted molar refractivity (Wildman–Crippen MR) is 89.1 cm³/mol. The summed E-state index contributed by atoms with van der Waals surface area (Å²) in [6.45, 7) is 5.70. The highest BCUT2D eigenvalue weighted by molar-refractivity contribution is 9.10. The largest absolute Gasteiger partial charge is 0.396 e. The van der Waals surface area contributed by atoms with Crippen LogP contribution in [0.15, 0.2) is 28.9 Å². The summed E-state index contributed by atoms with van der Waals surface area (Å²) in [5.74, 6) is 0.693. The maximum Gasteiger partial charge on any atom is 0.0745 e. The van der Waals surface area contributed by atoms with Crippen LogP contribution in [0.5, 0.6) is 0 Å². The van der Waals surface area contributed by atoms with E-state index in [-0.39, 0.29) is 0 Å². The Kier molecular flexibility index (Phi) is 3.59. The van der Waals surface area contributed by atoms with Gasteiger partial charge in [0.05, 0.1) is 23.1 Å². The summed E-state index contributed by atoms with van der Waals surface area (Å²) in [6.07, 6.45) is 4.31. The number of hydrogen-bond acceptors (Lipinski definition) is 3. The van der Waals surface area contributed by atoms with Crippen LogP contribution in [0.2, 0.25) is 0 Å². The van der Waals surface area contributed by atoms with Crippen molar-refractivity contribution in [3.05, 3.63) is 28.9 Å². The first kappa shape index (κ1) is 13.7. The Morgan fingerprint density at radius 1 is 1.35 bits per heavy atom. The molecule has 2 unspecified atom stereocenters. The quantitative estimate of drug-likeness (QED) is 0.850. The van der Waals surface area contributed by atoms with Crippen LogP contribution in [0, 0.1) is 5.92 Å². The van der Waals surface area contributed by atoms with E-state index in [2.05, 4.69) is 45.7 Å². The lowest BCUT2D eigenvalue weighted by Crippen LogP contribution is -2.42. The minimum atomic E-state index is 0.510. The van der Waals surface area contributed by atoms with E-state index in [4.69, 9.17) is 5.73 Å². The molecule has 0 aliphatic carbocycles. The van der Waals surface area contributed by atoms with E-state index in [1.165, 1.54) is 12.8 Å². The molecule has 20 heavy (non-hydrogen) atoms. The number of piperidine rings is 1. The molecule has 3 nitrogen and oxygen atoms in total. The van der Waals surface area contributed by atoms with E-state index in [0.29, 0.717) is 12.0 Å². The third kappa shape index (κ3) is 2.26. The average molecular weight is 334 g/mol. The van der Waals surface area contributed by atoms with Crippen molar-refractivity contribution in [2.24, 2.45) is 5.92 Å². The summed E-state index contributed by atoms with van der Waals surface area (Å²) in [6, 6.07) is 6.70. The van der Waals surface area contributed by atoms with E-state index in [0.717, 1.165) is 33.3 Å². The first-order valence-electron chi connectivity index (χ1n) is 7.18. The number of rotatable bonds is 1. The van der Waals surface area contributed by atoms with Crippen molar-refractivity contribution in [2.45, 2.75) is 32.7 Å². The third-order valence-electron chi connectivity index (χ3n) is 4.49. The van der Waals surface area contributed by atoms with Crippen LogP contribution >= 0.6 is 15.9 Å². The number of nitrogen functional groups attached to an aromatic ring is 1. The molecule has 3 rings (SSSR count). The molecule has 2 heterocycles. The Labute approximate surface area is 128 Å². The monoisotopic (exact) mass is 333 g/mol. The van der Waals surface area contributed by atoms with Gasteiger partial charge in [0.25, 0.3) is 0 Å². The average Bonchev–Trinajstić information content (AvgIpc) is 2.42. The van der Waals surface area contributed by atoms with Gasteiger partial charge < -0.3 is 10.6 Å². The van der Waals surface area contributed by atoms with Gasteiger partial charge in [-0.1, -0.05) is 22.9 Å². The molecular weight excluding hydrogens is 314 g/mol. The lowest BCUT2D eigenvalue weighted by molar-refractivity contribution is 0.364. The molecule has 1 aliphatic heterocycles. The van der Waals surface area contributed by atoms with Crippen LogP contribution in [0.4, 0.5) is 11.4 Å². The lowest BCUT2D eigenvalue weighted by atomic mass is 9.91. The number of nitrogens with two attached hydrogens (primary N) is 1. The van der Waals surface area contributed by atoms with Gasteiger partial charge in [0.1, 0.15) is 0 Å². The van der Waals surface area contributed by atoms with Gasteiger partial charge in [0, 0.05) is 22.4 Å². The van der Waals surface area contributed by atoms with Crippen LogP contribution in [-0.2, 0) is 0 Å². The lowest BCUT2D eigenvalue weighted by Gasteiger charge is -2.40. The van der Waals surface area contributed by atoms with Crippen LogP contribution < -0.4 is 10.6 Å². The van der Waals surface area contributed by atoms with Crippen LogP contribution in [0.1, 0.15) is 26.7 Å². The van der Waals surface area contributed by atoms with Crippen molar-refractivity contribution in [1.29, 1.82) is 0 Å². The van der Waals surface area contributed by atoms with E-state index < -0.39 is 0 Å². The molecular formula is C16H20BrN3. The first-order chi connectivity index (χ1) is 9.58. The molecule has 1 aromatic carbocycles. The van der Waals surface area contributed by atoms with E-state index in [9.17, 15) is 0 Å². The van der Waals surface area contributed by atoms with Crippen molar-refractivity contribution < 1.29 is 0 Å². The van der Waals surface area contributed by atoms with Crippen molar-refractivity contribution in [3.63, 3.8) is 0 Å². The van der Waals surface area contributed by atoms with Crippen LogP contribution in [0.25, 0.3) is 10.9 Å². The Hall–Kier alpha value is -1.29. The minimum absolute atomic E-state index is 0.510. The molecule has 1 aliphatic rings. The maximum absolute atomic E-state index is 6.26. The van der Waals surface area contributed by atoms with E-state index in [1.807, 2.05) is 12.1 Å². The zero-order chi connectivity index (χ0) is 14.3. The number of halogens is 1. The fourth-order valence-corrected chi connectivity index (χ4v) is 3.50. The molecule has 2 N–H and O–H groups in total. The standard InChI is InChI=1S/C16H20BrN3/c1-10-4-3-7-20(11(10)2)16-13-8-12(17)5-6-15(13)19-9-14(16)18/h5-6,8-11H,3-4,7,18H2,1-2H3. The fraction of sp³-hybridized carbons (Fsp3) is 0.438. The Morgan fingerprint density at radius 2 is 2.15 bits per heavy atom. The summed E-state index contributed by atoms with van der Waals surface area (Å²) in [5, 5.41) is 1.14. The molecule has 0 bridgehead atoms. The maximum atomic E-state index is 6.26. The Balaban J connectivity index is 2.18. The SMILES string of the molecule is CC1CCCN(c2c(N)cnc3ccc(Br)cc23)C1C. The zero-order valence-corrected chi connectivity index (χ0v) is 13.5. The zero-order valence-electron chi connectivity index (χ0n) is 11.9. The van der Waals surface area contributed by atoms with E-state index in [1.54, 1.807) is 6.20 Å². The summed E-state index contributed by atoms with van der Waals surface area (Å²) in [5.41, 5.74) is 9.18. The highest BCUT2D eigenvalue weighted by atomic mass is 79.9. The van der Waals surface area contributed by atoms with Gasteiger partial charge in [0.15, 0.2) is 0 Å². The topological polar surface area (TPSA) is 42.1 Å². The van der Waals surface area contributed by atoms with Gasteiger partial charge in [-0.2, -0.15) is 0 Å². The summed E-state index contributed by atoms with van der Waals surface area (Å²) >= 11 is 3.56. The van der Waals surface area contributed by atoms with Gasteiger partial charge in [-0.3, -0.25) is 4.98 Å². The number of benzene rings is 1. The van der Waals surface area contributed by atoms with Gasteiger partial charge in [-0.15, -0.1) is 0 Å². The number of fused-ring (bicyclic) bond motifs is 1. The molecule has 0 saturated carbocycles. The van der Waals surface area contributed by atoms with Crippen molar-refractivity contribution >= 4 is 38.2 Å². The molecule has 1 fully saturated rings. The van der Waals surface area contributed by atoms with Crippen molar-refractivity contribution in [2.75, 3.05) is 17.2 Å². The van der Waals surface area contributed by atoms with Crippen molar-refractivity contribution in [1.82, 2.24) is 4.98 Å². The summed E-state index contributed by atoms with van der Waals surface area (Å²) < 4.78 is 1.07. The second kappa shape index (κ2) is 5.24. The molecule has 2 aromatic rings. The number of aromatic nitrogens is 1. The highest BCUT2D eigenvalue weighted by Gasteiger charge is 2.27. The third-order valence-corrected chi connectivity index (χ3v) is 4.98. The number of anilines is 2. The van der Waals surface area contributed by atoms with Gasteiger partial charge in [0.2, 0.25) is 0 Å². The summed E-state index contributed by atoms with van der Waals surface area (Å²) in [7, 11) is 0. The molecule has 0 spiro atoms. The smallest absolute Gasteiger partial charge is 0.0745 e. The fourth-order valence-electron chi connectivity index (χ4n) is 3.14. The molecule has 0 amide bonds. The van der Waals surface area contributed by atoms with E-state index >= 15 is 0 Å². The normalized spacial score (nSPS) is 23.2. The molecule has 0 radical (unpaired) electrons. The van der Waals surface area contributed by atoms with Gasteiger partial charge in [-0.25, -0.2) is 0 Å². The minimum Gasteiger partial charge on any atom is -0.396 e. The highest BCUT2D eigenvalue weighted by Crippen LogP contribution is 2.37. The number of hydrogen-bond donors (Lipinski definition) is 1. The van der Waals surface area contributed by atoms with Crippen molar-refractivity contribution in [3.8, 4) is 0 Å². The van der Waals surface area contributed by atoms with Gasteiger partial charge >= 0.3 is 0 Å².